The van der Waals surface area contributed by atoms with Gasteiger partial charge in [-0.2, -0.15) is 0 Å². The Morgan fingerprint density at radius 1 is 0.737 bits per heavy atom. The largest absolute Gasteiger partial charge is 0.378 e. The summed E-state index contributed by atoms with van der Waals surface area (Å²) < 4.78 is 0. The highest BCUT2D eigenvalue weighted by Gasteiger charge is 2.11. The molecule has 5 aromatic rings. The molecule has 1 amide bonds. The summed E-state index contributed by atoms with van der Waals surface area (Å²) in [7, 11) is 4.05. The number of pyridine rings is 2. The molecule has 0 unspecified atom stereocenters. The van der Waals surface area contributed by atoms with Gasteiger partial charge in [0.2, 0.25) is 0 Å². The van der Waals surface area contributed by atoms with Gasteiger partial charge in [0.05, 0.1) is 5.52 Å². The normalized spacial score (nSPS) is 10.7. The average Bonchev–Trinajstić information content (AvgIpc) is 2.89. The van der Waals surface area contributed by atoms with Crippen LogP contribution < -0.4 is 20.9 Å². The van der Waals surface area contributed by atoms with Gasteiger partial charge in [-0.05, 0) is 86.1 Å². The molecule has 0 atom stereocenters. The fraction of sp³-hybridized carbons (Fsp3) is 0.129. The van der Waals surface area contributed by atoms with Crippen molar-refractivity contribution in [3.63, 3.8) is 0 Å². The van der Waals surface area contributed by atoms with Crippen LogP contribution in [0.3, 0.4) is 0 Å². The smallest absolute Gasteiger partial charge is 0.255 e. The number of hydrogen-bond acceptors (Lipinski definition) is 6. The van der Waals surface area contributed by atoms with E-state index in [4.69, 9.17) is 0 Å². The first-order chi connectivity index (χ1) is 18.4. The zero-order valence-corrected chi connectivity index (χ0v) is 21.9. The number of nitrogens with zero attached hydrogens (tertiary/aromatic N) is 3. The maximum atomic E-state index is 13.1. The first kappa shape index (κ1) is 24.8. The molecule has 3 N–H and O–H groups in total. The third kappa shape index (κ3) is 5.57. The molecular weight excluding hydrogens is 472 g/mol. The zero-order valence-electron chi connectivity index (χ0n) is 21.9. The topological polar surface area (TPSA) is 82.2 Å². The Morgan fingerprint density at radius 2 is 1.45 bits per heavy atom. The van der Waals surface area contributed by atoms with E-state index in [0.717, 1.165) is 50.6 Å². The van der Waals surface area contributed by atoms with E-state index in [9.17, 15) is 4.79 Å². The fourth-order valence-corrected chi connectivity index (χ4v) is 4.34. The van der Waals surface area contributed by atoms with Gasteiger partial charge < -0.3 is 20.9 Å². The summed E-state index contributed by atoms with van der Waals surface area (Å²) in [6, 6.07) is 25.2. The van der Waals surface area contributed by atoms with E-state index in [1.54, 1.807) is 18.5 Å². The number of carbonyl (C=O) groups is 1. The van der Waals surface area contributed by atoms with Crippen molar-refractivity contribution in [2.24, 2.45) is 0 Å². The molecule has 0 aliphatic rings. The number of carbonyl (C=O) groups excluding carboxylic acids is 1. The number of nitrogens with one attached hydrogen (secondary N) is 3. The highest BCUT2D eigenvalue weighted by atomic mass is 16.1. The second kappa shape index (κ2) is 10.6. The van der Waals surface area contributed by atoms with Gasteiger partial charge in [-0.1, -0.05) is 12.1 Å². The summed E-state index contributed by atoms with van der Waals surface area (Å²) in [6.45, 7) is 4.02. The first-order valence-electron chi connectivity index (χ1n) is 12.4. The van der Waals surface area contributed by atoms with Crippen LogP contribution in [0.15, 0.2) is 91.3 Å². The maximum Gasteiger partial charge on any atom is 0.255 e. The van der Waals surface area contributed by atoms with Gasteiger partial charge in [-0.3, -0.25) is 14.8 Å². The molecule has 5 rings (SSSR count). The minimum Gasteiger partial charge on any atom is -0.378 e. The molecule has 190 valence electrons. The Kier molecular flexibility index (Phi) is 6.91. The lowest BCUT2D eigenvalue weighted by atomic mass is 10.1. The third-order valence-electron chi connectivity index (χ3n) is 6.25. The van der Waals surface area contributed by atoms with Crippen LogP contribution >= 0.6 is 0 Å². The van der Waals surface area contributed by atoms with Crippen molar-refractivity contribution >= 4 is 50.9 Å². The van der Waals surface area contributed by atoms with Crippen molar-refractivity contribution in [1.82, 2.24) is 9.97 Å². The van der Waals surface area contributed by atoms with E-state index in [1.807, 2.05) is 81.7 Å². The fourth-order valence-electron chi connectivity index (χ4n) is 4.34. The summed E-state index contributed by atoms with van der Waals surface area (Å²) in [5.41, 5.74) is 8.93. The molecule has 3 aromatic carbocycles. The van der Waals surface area contributed by atoms with Crippen molar-refractivity contribution in [2.45, 2.75) is 13.8 Å². The molecule has 2 aromatic heterocycles. The molecule has 38 heavy (non-hydrogen) atoms. The monoisotopic (exact) mass is 502 g/mol. The summed E-state index contributed by atoms with van der Waals surface area (Å²) in [5.74, 6) is -0.184. The Hall–Kier alpha value is -4.91. The number of fused-ring (bicyclic) bond motifs is 1. The standard InChI is InChI=1S/C31H30N6O/c1-20-15-27(37(3)4)19-28-29(12-14-33-30(20)28)35-23-8-5-7-22(17-23)31(38)36-25-10-6-9-24(18-25)34-26-11-13-32-21(2)16-26/h5-19H,1-4H3,(H,32,34)(H,33,35)(H,36,38). The third-order valence-corrected chi connectivity index (χ3v) is 6.25. The van der Waals surface area contributed by atoms with Crippen LogP contribution in [0.25, 0.3) is 10.9 Å². The van der Waals surface area contributed by atoms with Crippen LogP contribution in [0.2, 0.25) is 0 Å². The van der Waals surface area contributed by atoms with Crippen molar-refractivity contribution in [1.29, 1.82) is 0 Å². The van der Waals surface area contributed by atoms with Gasteiger partial charge >= 0.3 is 0 Å². The highest BCUT2D eigenvalue weighted by Crippen LogP contribution is 2.31. The molecule has 0 saturated heterocycles. The lowest BCUT2D eigenvalue weighted by molar-refractivity contribution is 0.102. The molecule has 0 saturated carbocycles. The number of hydrogen-bond donors (Lipinski definition) is 3. The van der Waals surface area contributed by atoms with Gasteiger partial charge in [0.1, 0.15) is 0 Å². The molecule has 7 nitrogen and oxygen atoms in total. The van der Waals surface area contributed by atoms with Gasteiger partial charge in [0.25, 0.3) is 5.91 Å². The molecule has 0 fully saturated rings. The van der Waals surface area contributed by atoms with Crippen LogP contribution in [-0.4, -0.2) is 30.0 Å². The second-order valence-electron chi connectivity index (χ2n) is 9.46. The molecule has 0 bridgehead atoms. The average molecular weight is 503 g/mol. The minimum atomic E-state index is -0.184. The molecule has 7 heteroatoms. The molecular formula is C31H30N6O. The summed E-state index contributed by atoms with van der Waals surface area (Å²) >= 11 is 0. The van der Waals surface area contributed by atoms with Crippen LogP contribution in [0.5, 0.6) is 0 Å². The quantitative estimate of drug-likeness (QED) is 0.221. The van der Waals surface area contributed by atoms with Crippen LogP contribution in [0.1, 0.15) is 21.6 Å². The molecule has 0 aliphatic heterocycles. The number of aryl methyl sites for hydroxylation is 2. The Bertz CT molecular complexity index is 1630. The number of rotatable bonds is 7. The lowest BCUT2D eigenvalue weighted by Gasteiger charge is -2.17. The van der Waals surface area contributed by atoms with E-state index < -0.39 is 0 Å². The Labute approximate surface area is 222 Å². The van der Waals surface area contributed by atoms with Gasteiger partial charge in [0, 0.05) is 77.3 Å². The number of amides is 1. The maximum absolute atomic E-state index is 13.1. The SMILES string of the molecule is Cc1cc(Nc2cccc(NC(=O)c3cccc(Nc4ccnc5c(C)cc(N(C)C)cc45)c3)c2)ccn1. The van der Waals surface area contributed by atoms with Crippen molar-refractivity contribution < 1.29 is 4.79 Å². The number of benzene rings is 3. The molecule has 0 spiro atoms. The van der Waals surface area contributed by atoms with E-state index in [-0.39, 0.29) is 5.91 Å². The van der Waals surface area contributed by atoms with Gasteiger partial charge in [0.15, 0.2) is 0 Å². The predicted molar refractivity (Wildman–Crippen MR) is 157 cm³/mol. The predicted octanol–water partition coefficient (Wildman–Crippen LogP) is 7.05. The van der Waals surface area contributed by atoms with Gasteiger partial charge in [-0.15, -0.1) is 0 Å². The zero-order chi connectivity index (χ0) is 26.6. The van der Waals surface area contributed by atoms with Crippen molar-refractivity contribution in [2.75, 3.05) is 34.9 Å². The Morgan fingerprint density at radius 3 is 2.24 bits per heavy atom. The van der Waals surface area contributed by atoms with E-state index >= 15 is 0 Å². The molecule has 2 heterocycles. The molecule has 0 aliphatic carbocycles. The van der Waals surface area contributed by atoms with E-state index in [0.29, 0.717) is 11.3 Å². The lowest BCUT2D eigenvalue weighted by Crippen LogP contribution is -2.12. The van der Waals surface area contributed by atoms with Crippen LogP contribution in [-0.2, 0) is 0 Å². The van der Waals surface area contributed by atoms with Crippen LogP contribution in [0, 0.1) is 13.8 Å². The molecule has 0 radical (unpaired) electrons. The van der Waals surface area contributed by atoms with Crippen LogP contribution in [0.4, 0.5) is 34.1 Å². The highest BCUT2D eigenvalue weighted by molar-refractivity contribution is 6.05. The summed E-state index contributed by atoms with van der Waals surface area (Å²) in [4.78, 5) is 24.0. The number of aromatic nitrogens is 2. The minimum absolute atomic E-state index is 0.184. The van der Waals surface area contributed by atoms with Gasteiger partial charge in [-0.25, -0.2) is 0 Å². The van der Waals surface area contributed by atoms with E-state index in [2.05, 4.69) is 49.9 Å². The Balaban J connectivity index is 1.35. The summed E-state index contributed by atoms with van der Waals surface area (Å²) in [5, 5.41) is 10.9. The summed E-state index contributed by atoms with van der Waals surface area (Å²) in [6.07, 6.45) is 3.57. The van der Waals surface area contributed by atoms with E-state index in [1.165, 1.54) is 0 Å². The number of anilines is 6. The first-order valence-corrected chi connectivity index (χ1v) is 12.4. The second-order valence-corrected chi connectivity index (χ2v) is 9.46. The van der Waals surface area contributed by atoms with Crippen molar-refractivity contribution in [3.05, 3.63) is 108 Å². The van der Waals surface area contributed by atoms with Crippen molar-refractivity contribution in [3.8, 4) is 0 Å².